The SMILES string of the molecule is O=C(NCCc1ccc(Cl)cc1)C1CCCN1c1nnc(N2CCCC2=O)s1. The lowest BCUT2D eigenvalue weighted by Gasteiger charge is -2.22. The van der Waals surface area contributed by atoms with Crippen molar-refractivity contribution in [3.05, 3.63) is 34.9 Å². The molecule has 1 aromatic carbocycles. The quantitative estimate of drug-likeness (QED) is 0.778. The van der Waals surface area contributed by atoms with Crippen molar-refractivity contribution in [2.75, 3.05) is 29.4 Å². The Kier molecular flexibility index (Phi) is 5.77. The van der Waals surface area contributed by atoms with Gasteiger partial charge in [-0.1, -0.05) is 35.1 Å². The first-order valence-corrected chi connectivity index (χ1v) is 10.7. The third-order valence-electron chi connectivity index (χ3n) is 5.14. The molecule has 0 bridgehead atoms. The summed E-state index contributed by atoms with van der Waals surface area (Å²) in [5.41, 5.74) is 1.14. The van der Waals surface area contributed by atoms with Crippen LogP contribution in [-0.4, -0.2) is 47.7 Å². The Bertz CT molecular complexity index is 856. The third-order valence-corrected chi connectivity index (χ3v) is 6.37. The molecule has 7 nitrogen and oxygen atoms in total. The van der Waals surface area contributed by atoms with Crippen molar-refractivity contribution in [2.45, 2.75) is 38.1 Å². The molecule has 1 aromatic heterocycles. The lowest BCUT2D eigenvalue weighted by molar-refractivity contribution is -0.122. The van der Waals surface area contributed by atoms with E-state index in [1.807, 2.05) is 29.2 Å². The number of aromatic nitrogens is 2. The van der Waals surface area contributed by atoms with Gasteiger partial charge in [0.1, 0.15) is 6.04 Å². The summed E-state index contributed by atoms with van der Waals surface area (Å²) in [6, 6.07) is 7.42. The van der Waals surface area contributed by atoms with Gasteiger partial charge in [-0.25, -0.2) is 0 Å². The summed E-state index contributed by atoms with van der Waals surface area (Å²) in [5, 5.41) is 13.5. The summed E-state index contributed by atoms with van der Waals surface area (Å²) >= 11 is 7.29. The van der Waals surface area contributed by atoms with E-state index >= 15 is 0 Å². The van der Waals surface area contributed by atoms with Crippen LogP contribution in [0.25, 0.3) is 0 Å². The molecule has 2 aliphatic heterocycles. The number of hydrogen-bond donors (Lipinski definition) is 1. The van der Waals surface area contributed by atoms with Crippen molar-refractivity contribution in [3.8, 4) is 0 Å². The van der Waals surface area contributed by atoms with E-state index in [-0.39, 0.29) is 17.9 Å². The van der Waals surface area contributed by atoms with Crippen molar-refractivity contribution < 1.29 is 9.59 Å². The molecule has 2 saturated heterocycles. The van der Waals surface area contributed by atoms with Crippen LogP contribution in [0, 0.1) is 0 Å². The van der Waals surface area contributed by atoms with Gasteiger partial charge in [0.05, 0.1) is 0 Å². The number of rotatable bonds is 6. The average molecular weight is 420 g/mol. The Morgan fingerprint density at radius 1 is 1.18 bits per heavy atom. The van der Waals surface area contributed by atoms with Crippen LogP contribution in [0.15, 0.2) is 24.3 Å². The lowest BCUT2D eigenvalue weighted by atomic mass is 10.1. The van der Waals surface area contributed by atoms with Crippen molar-refractivity contribution in [1.82, 2.24) is 15.5 Å². The van der Waals surface area contributed by atoms with Gasteiger partial charge >= 0.3 is 0 Å². The van der Waals surface area contributed by atoms with E-state index in [0.717, 1.165) is 37.8 Å². The molecule has 1 atom stereocenters. The number of carbonyl (C=O) groups is 2. The molecule has 0 aliphatic carbocycles. The largest absolute Gasteiger partial charge is 0.354 e. The normalized spacial score (nSPS) is 19.5. The Morgan fingerprint density at radius 3 is 2.71 bits per heavy atom. The molecule has 148 valence electrons. The van der Waals surface area contributed by atoms with Crippen LogP contribution in [-0.2, 0) is 16.0 Å². The summed E-state index contributed by atoms with van der Waals surface area (Å²) in [6.45, 7) is 2.05. The molecule has 2 amide bonds. The zero-order valence-electron chi connectivity index (χ0n) is 15.4. The number of benzene rings is 1. The molecule has 1 unspecified atom stereocenters. The maximum absolute atomic E-state index is 12.7. The molecule has 2 aromatic rings. The van der Waals surface area contributed by atoms with Gasteiger partial charge in [-0.3, -0.25) is 14.5 Å². The van der Waals surface area contributed by atoms with E-state index in [2.05, 4.69) is 15.5 Å². The second-order valence-corrected chi connectivity index (χ2v) is 8.41. The molecule has 2 aliphatic rings. The maximum atomic E-state index is 12.7. The zero-order chi connectivity index (χ0) is 19.5. The topological polar surface area (TPSA) is 78.4 Å². The Morgan fingerprint density at radius 2 is 1.96 bits per heavy atom. The number of amides is 2. The van der Waals surface area contributed by atoms with Crippen LogP contribution in [0.1, 0.15) is 31.2 Å². The number of anilines is 2. The first-order valence-electron chi connectivity index (χ1n) is 9.54. The molecule has 3 heterocycles. The average Bonchev–Trinajstić information content (AvgIpc) is 3.42. The van der Waals surface area contributed by atoms with E-state index < -0.39 is 0 Å². The smallest absolute Gasteiger partial charge is 0.242 e. The van der Waals surface area contributed by atoms with Crippen LogP contribution >= 0.6 is 22.9 Å². The van der Waals surface area contributed by atoms with Crippen LogP contribution in [0.5, 0.6) is 0 Å². The predicted molar refractivity (Wildman–Crippen MR) is 110 cm³/mol. The minimum Gasteiger partial charge on any atom is -0.354 e. The molecule has 2 fully saturated rings. The highest BCUT2D eigenvalue weighted by Gasteiger charge is 2.34. The molecular weight excluding hydrogens is 398 g/mol. The van der Waals surface area contributed by atoms with Crippen molar-refractivity contribution >= 4 is 45.0 Å². The van der Waals surface area contributed by atoms with E-state index in [1.165, 1.54) is 11.3 Å². The molecule has 1 N–H and O–H groups in total. The van der Waals surface area contributed by atoms with Crippen molar-refractivity contribution in [2.24, 2.45) is 0 Å². The third kappa shape index (κ3) is 4.12. The molecule has 4 rings (SSSR count). The number of hydrogen-bond acceptors (Lipinski definition) is 6. The molecule has 0 radical (unpaired) electrons. The molecule has 0 saturated carbocycles. The second kappa shape index (κ2) is 8.45. The number of nitrogens with zero attached hydrogens (tertiary/aromatic N) is 4. The maximum Gasteiger partial charge on any atom is 0.242 e. The summed E-state index contributed by atoms with van der Waals surface area (Å²) in [7, 11) is 0. The van der Waals surface area contributed by atoms with Crippen molar-refractivity contribution in [3.63, 3.8) is 0 Å². The van der Waals surface area contributed by atoms with Gasteiger partial charge in [-0.15, -0.1) is 10.2 Å². The van der Waals surface area contributed by atoms with E-state index in [9.17, 15) is 9.59 Å². The predicted octanol–water partition coefficient (Wildman–Crippen LogP) is 2.65. The van der Waals surface area contributed by atoms with Crippen LogP contribution in [0.4, 0.5) is 10.3 Å². The van der Waals surface area contributed by atoms with E-state index in [1.54, 1.807) is 4.90 Å². The van der Waals surface area contributed by atoms with Gasteiger partial charge < -0.3 is 10.2 Å². The van der Waals surface area contributed by atoms with Gasteiger partial charge in [0.2, 0.25) is 22.1 Å². The van der Waals surface area contributed by atoms with E-state index in [4.69, 9.17) is 11.6 Å². The van der Waals surface area contributed by atoms with E-state index in [0.29, 0.717) is 34.8 Å². The minimum absolute atomic E-state index is 0.0143. The van der Waals surface area contributed by atoms with Gasteiger partial charge in [-0.2, -0.15) is 0 Å². The first-order chi connectivity index (χ1) is 13.6. The summed E-state index contributed by atoms with van der Waals surface area (Å²) in [6.07, 6.45) is 3.92. The van der Waals surface area contributed by atoms with Gasteiger partial charge in [0, 0.05) is 31.1 Å². The van der Waals surface area contributed by atoms with Crippen LogP contribution in [0.2, 0.25) is 5.02 Å². The van der Waals surface area contributed by atoms with Gasteiger partial charge in [-0.05, 0) is 43.4 Å². The summed E-state index contributed by atoms with van der Waals surface area (Å²) in [4.78, 5) is 28.3. The highest BCUT2D eigenvalue weighted by molar-refractivity contribution is 7.19. The molecule has 28 heavy (non-hydrogen) atoms. The lowest BCUT2D eigenvalue weighted by Crippen LogP contribution is -2.44. The summed E-state index contributed by atoms with van der Waals surface area (Å²) < 4.78 is 0. The highest BCUT2D eigenvalue weighted by atomic mass is 35.5. The monoisotopic (exact) mass is 419 g/mol. The first kappa shape index (κ1) is 19.1. The fourth-order valence-electron chi connectivity index (χ4n) is 3.65. The Labute approximate surface area is 172 Å². The zero-order valence-corrected chi connectivity index (χ0v) is 17.0. The molecule has 0 spiro atoms. The molecule has 9 heteroatoms. The van der Waals surface area contributed by atoms with Crippen LogP contribution < -0.4 is 15.1 Å². The fourth-order valence-corrected chi connectivity index (χ4v) is 4.74. The second-order valence-electron chi connectivity index (χ2n) is 7.04. The number of carbonyl (C=O) groups excluding carboxylic acids is 2. The Balaban J connectivity index is 1.35. The molecular formula is C19H22ClN5O2S. The van der Waals surface area contributed by atoms with Crippen molar-refractivity contribution in [1.29, 1.82) is 0 Å². The number of halogens is 1. The van der Waals surface area contributed by atoms with Gasteiger partial charge in [0.15, 0.2) is 0 Å². The fraction of sp³-hybridized carbons (Fsp3) is 0.474. The van der Waals surface area contributed by atoms with Gasteiger partial charge in [0.25, 0.3) is 0 Å². The minimum atomic E-state index is -0.236. The Hall–Kier alpha value is -2.19. The van der Waals surface area contributed by atoms with Crippen LogP contribution in [0.3, 0.4) is 0 Å². The number of nitrogens with one attached hydrogen (secondary N) is 1. The standard InChI is InChI=1S/C19H22ClN5O2S/c20-14-7-5-13(6-8-14)9-10-21-17(27)15-3-1-11-24(15)18-22-23-19(28-18)25-12-2-4-16(25)26/h5-8,15H,1-4,9-12H2,(H,21,27). The highest BCUT2D eigenvalue weighted by Crippen LogP contribution is 2.33. The summed E-state index contributed by atoms with van der Waals surface area (Å²) in [5.74, 6) is 0.112.